The molecule has 0 radical (unpaired) electrons. The Labute approximate surface area is 101 Å². The zero-order valence-corrected chi connectivity index (χ0v) is 10.6. The van der Waals surface area contributed by atoms with Gasteiger partial charge in [0.1, 0.15) is 0 Å². The normalized spacial score (nSPS) is 10.6. The van der Waals surface area contributed by atoms with E-state index in [0.717, 1.165) is 13.0 Å². The molecular weight excluding hydrogens is 224 g/mol. The lowest BCUT2D eigenvalue weighted by atomic mass is 10.2. The van der Waals surface area contributed by atoms with Crippen molar-refractivity contribution in [2.24, 2.45) is 5.73 Å². The molecule has 0 saturated carbocycles. The van der Waals surface area contributed by atoms with Crippen LogP contribution >= 0.6 is 11.8 Å². The van der Waals surface area contributed by atoms with E-state index in [9.17, 15) is 0 Å². The van der Waals surface area contributed by atoms with Crippen molar-refractivity contribution in [3.63, 3.8) is 0 Å². The number of rotatable bonds is 9. The maximum absolute atomic E-state index is 5.39. The minimum Gasteiger partial charge on any atom is -0.408 e. The molecule has 6 heteroatoms. The van der Waals surface area contributed by atoms with Crippen LogP contribution in [0.1, 0.15) is 25.2 Å². The standard InChI is InChI=1S/C10H20N4OS/c1-16-8-4-2-3-7-12-10-14-13-9(15-10)5-6-11/h2-8,11H2,1H3,(H,12,14). The van der Waals surface area contributed by atoms with Crippen LogP contribution in [-0.2, 0) is 6.42 Å². The molecule has 16 heavy (non-hydrogen) atoms. The second-order valence-corrected chi connectivity index (χ2v) is 4.51. The molecule has 0 fully saturated rings. The van der Waals surface area contributed by atoms with Crippen LogP contribution in [0.3, 0.4) is 0 Å². The summed E-state index contributed by atoms with van der Waals surface area (Å²) < 4.78 is 5.33. The summed E-state index contributed by atoms with van der Waals surface area (Å²) in [5.41, 5.74) is 5.39. The van der Waals surface area contributed by atoms with Crippen molar-refractivity contribution >= 4 is 17.8 Å². The lowest BCUT2D eigenvalue weighted by Crippen LogP contribution is -2.02. The third-order valence-corrected chi connectivity index (χ3v) is 2.82. The van der Waals surface area contributed by atoms with Crippen molar-refractivity contribution in [2.45, 2.75) is 25.7 Å². The number of nitrogens with zero attached hydrogens (tertiary/aromatic N) is 2. The predicted octanol–water partition coefficient (Wildman–Crippen LogP) is 1.52. The first-order valence-corrected chi connectivity index (χ1v) is 7.01. The van der Waals surface area contributed by atoms with Gasteiger partial charge in [0.2, 0.25) is 5.89 Å². The van der Waals surface area contributed by atoms with Gasteiger partial charge >= 0.3 is 6.01 Å². The number of anilines is 1. The Morgan fingerprint density at radius 1 is 1.31 bits per heavy atom. The van der Waals surface area contributed by atoms with Crippen LogP contribution in [0.5, 0.6) is 0 Å². The second-order valence-electron chi connectivity index (χ2n) is 3.52. The van der Waals surface area contributed by atoms with Crippen molar-refractivity contribution in [3.05, 3.63) is 5.89 Å². The molecule has 0 aliphatic heterocycles. The van der Waals surface area contributed by atoms with Gasteiger partial charge < -0.3 is 15.5 Å². The summed E-state index contributed by atoms with van der Waals surface area (Å²) in [6, 6.07) is 0.508. The average molecular weight is 244 g/mol. The fourth-order valence-electron chi connectivity index (χ4n) is 1.29. The highest BCUT2D eigenvalue weighted by Gasteiger charge is 2.03. The van der Waals surface area contributed by atoms with Crippen molar-refractivity contribution in [3.8, 4) is 0 Å². The van der Waals surface area contributed by atoms with Crippen LogP contribution in [-0.4, -0.2) is 35.3 Å². The molecule has 92 valence electrons. The van der Waals surface area contributed by atoms with Crippen molar-refractivity contribution < 1.29 is 4.42 Å². The molecule has 5 nitrogen and oxygen atoms in total. The molecule has 0 spiro atoms. The molecule has 0 saturated heterocycles. The van der Waals surface area contributed by atoms with Gasteiger partial charge in [0.05, 0.1) is 0 Å². The number of nitrogens with two attached hydrogens (primary N) is 1. The summed E-state index contributed by atoms with van der Waals surface area (Å²) in [7, 11) is 0. The molecule has 0 aromatic carbocycles. The Balaban J connectivity index is 2.07. The summed E-state index contributed by atoms with van der Waals surface area (Å²) in [4.78, 5) is 0. The van der Waals surface area contributed by atoms with Gasteiger partial charge in [-0.15, -0.1) is 5.10 Å². The second kappa shape index (κ2) is 8.41. The molecule has 0 aliphatic carbocycles. The Morgan fingerprint density at radius 3 is 2.94 bits per heavy atom. The van der Waals surface area contributed by atoms with E-state index in [4.69, 9.17) is 10.2 Å². The Morgan fingerprint density at radius 2 is 2.19 bits per heavy atom. The highest BCUT2D eigenvalue weighted by atomic mass is 32.2. The first-order chi connectivity index (χ1) is 7.86. The SMILES string of the molecule is CSCCCCCNc1nnc(CCN)o1. The summed E-state index contributed by atoms with van der Waals surface area (Å²) in [6.45, 7) is 1.43. The van der Waals surface area contributed by atoms with Gasteiger partial charge in [-0.05, 0) is 24.9 Å². The zero-order valence-electron chi connectivity index (χ0n) is 9.74. The van der Waals surface area contributed by atoms with E-state index < -0.39 is 0 Å². The number of unbranched alkanes of at least 4 members (excludes halogenated alkanes) is 2. The first-order valence-electron chi connectivity index (χ1n) is 5.62. The molecular formula is C10H20N4OS. The van der Waals surface area contributed by atoms with Crippen LogP contribution < -0.4 is 11.1 Å². The fourth-order valence-corrected chi connectivity index (χ4v) is 1.79. The zero-order chi connectivity index (χ0) is 11.6. The van der Waals surface area contributed by atoms with Crippen molar-refractivity contribution in [2.75, 3.05) is 30.4 Å². The fraction of sp³-hybridized carbons (Fsp3) is 0.800. The highest BCUT2D eigenvalue weighted by molar-refractivity contribution is 7.98. The van der Waals surface area contributed by atoms with Gasteiger partial charge in [0, 0.05) is 19.5 Å². The van der Waals surface area contributed by atoms with Gasteiger partial charge in [-0.3, -0.25) is 0 Å². The summed E-state index contributed by atoms with van der Waals surface area (Å²) >= 11 is 1.89. The lowest BCUT2D eigenvalue weighted by Gasteiger charge is -2.00. The van der Waals surface area contributed by atoms with Crippen LogP contribution in [0, 0.1) is 0 Å². The molecule has 1 aromatic heterocycles. The van der Waals surface area contributed by atoms with Crippen LogP contribution in [0.4, 0.5) is 6.01 Å². The maximum Gasteiger partial charge on any atom is 0.315 e. The lowest BCUT2D eigenvalue weighted by molar-refractivity contribution is 0.505. The number of hydrogen-bond donors (Lipinski definition) is 2. The van der Waals surface area contributed by atoms with Gasteiger partial charge in [0.25, 0.3) is 0 Å². The van der Waals surface area contributed by atoms with E-state index in [1.807, 2.05) is 11.8 Å². The Bertz CT molecular complexity index is 280. The molecule has 3 N–H and O–H groups in total. The van der Waals surface area contributed by atoms with E-state index >= 15 is 0 Å². The van der Waals surface area contributed by atoms with Gasteiger partial charge in [-0.1, -0.05) is 11.5 Å². The van der Waals surface area contributed by atoms with Gasteiger partial charge in [-0.2, -0.15) is 11.8 Å². The monoisotopic (exact) mass is 244 g/mol. The molecule has 0 atom stereocenters. The molecule has 0 unspecified atom stereocenters. The molecule has 0 aliphatic rings. The quantitative estimate of drug-likeness (QED) is 0.641. The average Bonchev–Trinajstić information content (AvgIpc) is 2.72. The van der Waals surface area contributed by atoms with Gasteiger partial charge in [0.15, 0.2) is 0 Å². The van der Waals surface area contributed by atoms with E-state index in [1.54, 1.807) is 0 Å². The number of thioether (sulfide) groups is 1. The van der Waals surface area contributed by atoms with Crippen molar-refractivity contribution in [1.82, 2.24) is 10.2 Å². The Kier molecular flexibility index (Phi) is 7.00. The summed E-state index contributed by atoms with van der Waals surface area (Å²) in [6.07, 6.45) is 6.41. The Hall–Kier alpha value is -0.750. The summed E-state index contributed by atoms with van der Waals surface area (Å²) in [5, 5.41) is 10.9. The highest BCUT2D eigenvalue weighted by Crippen LogP contribution is 2.07. The molecule has 0 amide bonds. The first kappa shape index (κ1) is 13.3. The number of hydrogen-bond acceptors (Lipinski definition) is 6. The minimum atomic E-state index is 0.508. The topological polar surface area (TPSA) is 77.0 Å². The predicted molar refractivity (Wildman–Crippen MR) is 67.8 cm³/mol. The molecule has 1 aromatic rings. The van der Waals surface area contributed by atoms with Crippen LogP contribution in [0.15, 0.2) is 4.42 Å². The molecule has 0 bridgehead atoms. The van der Waals surface area contributed by atoms with E-state index in [2.05, 4.69) is 21.8 Å². The van der Waals surface area contributed by atoms with Gasteiger partial charge in [-0.25, -0.2) is 0 Å². The third kappa shape index (κ3) is 5.37. The number of aromatic nitrogens is 2. The maximum atomic E-state index is 5.39. The summed E-state index contributed by atoms with van der Waals surface area (Å²) in [5.74, 6) is 1.84. The molecule has 1 rings (SSSR count). The van der Waals surface area contributed by atoms with Crippen molar-refractivity contribution in [1.29, 1.82) is 0 Å². The van der Waals surface area contributed by atoms with E-state index in [0.29, 0.717) is 24.9 Å². The van der Waals surface area contributed by atoms with E-state index in [-0.39, 0.29) is 0 Å². The smallest absolute Gasteiger partial charge is 0.315 e. The number of nitrogens with one attached hydrogen (secondary N) is 1. The molecule has 1 heterocycles. The largest absolute Gasteiger partial charge is 0.408 e. The van der Waals surface area contributed by atoms with Crippen LogP contribution in [0.25, 0.3) is 0 Å². The minimum absolute atomic E-state index is 0.508. The third-order valence-electron chi connectivity index (χ3n) is 2.13. The van der Waals surface area contributed by atoms with Crippen LogP contribution in [0.2, 0.25) is 0 Å². The van der Waals surface area contributed by atoms with E-state index in [1.165, 1.54) is 18.6 Å².